The SMILES string of the molecule is Cc1nc(C)nc(-c2c(-n3c4cc(-c5cccc(C#N)c5)ccc4c4ccc(-c5cccc(C#N)c5)cc43)cc(C#N)cc2-n2c3cc(-c4cccc(C#N)c4)ccc3c3cc(-c4cc(-c5ccc6c7ccccc7n(-c7cc(C#N)cc(-n8c9ccccc9c9ccc(-c%10ccc(C#N)cc%10)cc98)c7-c7nc(-c8ccccc8)nc(-c8ccccc8)n7)c6c5)ccc4C#N)c(-c4cccc(C#N)c4)cc32)n1. The van der Waals surface area contributed by atoms with Crippen molar-refractivity contribution in [1.82, 2.24) is 48.2 Å². The Hall–Kier alpha value is -20.9. The van der Waals surface area contributed by atoms with Crippen LogP contribution in [0.2, 0.25) is 0 Å². The van der Waals surface area contributed by atoms with Crippen molar-refractivity contribution in [1.29, 1.82) is 42.1 Å². The van der Waals surface area contributed by atoms with Crippen molar-refractivity contribution in [3.05, 3.63) is 432 Å². The highest BCUT2D eigenvalue weighted by Gasteiger charge is 2.32. The van der Waals surface area contributed by atoms with Gasteiger partial charge in [-0.3, -0.25) is 0 Å². The van der Waals surface area contributed by atoms with Crippen LogP contribution in [-0.2, 0) is 0 Å². The van der Waals surface area contributed by atoms with Gasteiger partial charge < -0.3 is 18.3 Å². The largest absolute Gasteiger partial charge is 0.308 e. The summed E-state index contributed by atoms with van der Waals surface area (Å²) in [6.07, 6.45) is 0. The predicted octanol–water partition coefficient (Wildman–Crippen LogP) is 28.4. The minimum Gasteiger partial charge on any atom is -0.308 e. The van der Waals surface area contributed by atoms with Crippen LogP contribution in [0.15, 0.2) is 376 Å². The van der Waals surface area contributed by atoms with Gasteiger partial charge >= 0.3 is 0 Å². The summed E-state index contributed by atoms with van der Waals surface area (Å²) in [5.41, 5.74) is 24.9. The molecule has 654 valence electrons. The van der Waals surface area contributed by atoms with Crippen LogP contribution in [0.3, 0.4) is 0 Å². The number of aromatic nitrogens is 10. The summed E-state index contributed by atoms with van der Waals surface area (Å²) in [5, 5.41) is 94.7. The van der Waals surface area contributed by atoms with E-state index in [4.69, 9.17) is 29.9 Å². The maximum absolute atomic E-state index is 12.0. The highest BCUT2D eigenvalue weighted by Crippen LogP contribution is 2.51. The van der Waals surface area contributed by atoms with Gasteiger partial charge in [-0.25, -0.2) is 29.9 Å². The molecule has 0 saturated carbocycles. The molecule has 0 aliphatic carbocycles. The van der Waals surface area contributed by atoms with E-state index in [0.29, 0.717) is 141 Å². The van der Waals surface area contributed by atoms with Gasteiger partial charge in [0.2, 0.25) is 0 Å². The number of hydrogen-bond donors (Lipinski definition) is 0. The molecule has 24 rings (SSSR count). The highest BCUT2D eigenvalue weighted by molar-refractivity contribution is 6.18. The molecular formula is C124H68N18. The zero-order chi connectivity index (χ0) is 96.1. The fourth-order valence-electron chi connectivity index (χ4n) is 20.4. The zero-order valence-electron chi connectivity index (χ0n) is 75.8. The first kappa shape index (κ1) is 84.1. The number of hydrogen-bond acceptors (Lipinski definition) is 14. The summed E-state index contributed by atoms with van der Waals surface area (Å²) in [7, 11) is 0. The summed E-state index contributed by atoms with van der Waals surface area (Å²) in [6, 6.07) is 142. The number of benzene rings is 18. The van der Waals surface area contributed by atoms with Crippen LogP contribution in [0.5, 0.6) is 0 Å². The quantitative estimate of drug-likeness (QED) is 0.0922. The molecule has 18 aromatic carbocycles. The van der Waals surface area contributed by atoms with Gasteiger partial charge in [0, 0.05) is 59.8 Å². The monoisotopic (exact) mass is 1810 g/mol. The Labute approximate surface area is 813 Å². The molecule has 0 N–H and O–H groups in total. The predicted molar refractivity (Wildman–Crippen MR) is 558 cm³/mol. The van der Waals surface area contributed by atoms with Gasteiger partial charge in [0.1, 0.15) is 11.6 Å². The van der Waals surface area contributed by atoms with Crippen molar-refractivity contribution in [2.75, 3.05) is 0 Å². The molecular weight excluding hydrogens is 1740 g/mol. The van der Waals surface area contributed by atoms with E-state index in [1.54, 1.807) is 24.3 Å². The third-order valence-electron chi connectivity index (χ3n) is 26.8. The third-order valence-corrected chi connectivity index (χ3v) is 26.8. The maximum atomic E-state index is 12.0. The molecule has 142 heavy (non-hydrogen) atoms. The van der Waals surface area contributed by atoms with Gasteiger partial charge in [-0.15, -0.1) is 0 Å². The van der Waals surface area contributed by atoms with Gasteiger partial charge in [-0.05, 0) is 238 Å². The Morgan fingerprint density at radius 2 is 0.479 bits per heavy atom. The lowest BCUT2D eigenvalue weighted by molar-refractivity contribution is 0.924. The minimum absolute atomic E-state index is 0.275. The molecule has 24 aromatic rings. The van der Waals surface area contributed by atoms with Crippen molar-refractivity contribution >= 4 is 87.2 Å². The number of nitriles is 8. The number of fused-ring (bicyclic) bond motifs is 12. The fourth-order valence-corrected chi connectivity index (χ4v) is 20.4. The molecule has 0 radical (unpaired) electrons. The molecule has 0 spiro atoms. The summed E-state index contributed by atoms with van der Waals surface area (Å²) >= 11 is 0. The van der Waals surface area contributed by atoms with Crippen LogP contribution < -0.4 is 0 Å². The van der Waals surface area contributed by atoms with E-state index in [1.807, 2.05) is 238 Å². The second-order valence-corrected chi connectivity index (χ2v) is 35.1. The number of rotatable bonds is 15. The number of aryl methyl sites for hydroxylation is 2. The summed E-state index contributed by atoms with van der Waals surface area (Å²) in [6.45, 7) is 3.65. The molecule has 0 aliphatic heterocycles. The molecule has 18 heteroatoms. The van der Waals surface area contributed by atoms with E-state index >= 15 is 0 Å². The second-order valence-electron chi connectivity index (χ2n) is 35.1. The molecule has 6 aromatic heterocycles. The highest BCUT2D eigenvalue weighted by atomic mass is 15.1. The van der Waals surface area contributed by atoms with Crippen LogP contribution in [0, 0.1) is 104 Å². The normalized spacial score (nSPS) is 11.3. The van der Waals surface area contributed by atoms with Crippen LogP contribution in [0.4, 0.5) is 0 Å². The third kappa shape index (κ3) is 14.3. The van der Waals surface area contributed by atoms with Crippen LogP contribution in [-0.4, -0.2) is 48.2 Å². The van der Waals surface area contributed by atoms with E-state index in [1.165, 1.54) is 0 Å². The lowest BCUT2D eigenvalue weighted by atomic mass is 9.88. The van der Waals surface area contributed by atoms with Crippen LogP contribution in [0.1, 0.15) is 56.2 Å². The maximum Gasteiger partial charge on any atom is 0.168 e. The molecule has 0 aliphatic rings. The standard InChI is InChI=1S/C124H68N18/c1-73-133-74(2)135-123(134-73)119-117(141-111-59-90(85-25-13-17-76(49-85)66-126)40-46-100(111)101-47-41-91(60-112(101)141)86-26-14-18-77(50-86)67-127)55-81(71-131)56-118(119)142-113-61-92(87-27-15-19-78(51-87)68-128)43-48-102(113)106-63-105(104(64-114(106)142)94-28-16-20-79(52-94)69-129)103-57-88(37-38-95(103)72-132)93-42-45-99-97-30-10-12-32-108(97)140(110(99)62-93)116-54-80(70-130)53-115(120(116)124-137-121(83-21-5-3-6-22-83)136-122(138-124)84-23-7-4-8-24-84)139-107-31-11-9-29-96(107)98-44-39-89(58-109(98)139)82-35-33-75(65-125)34-36-82/h3-64H,1-2H3. The van der Waals surface area contributed by atoms with Gasteiger partial charge in [0.05, 0.1) is 171 Å². The fraction of sp³-hybridized carbons (Fsp3) is 0.0161. The number of para-hydroxylation sites is 2. The molecule has 0 unspecified atom stereocenters. The Bertz CT molecular complexity index is 9760. The molecule has 6 heterocycles. The molecule has 0 fully saturated rings. The Morgan fingerprint density at radius 1 is 0.176 bits per heavy atom. The Kier molecular flexibility index (Phi) is 20.3. The Morgan fingerprint density at radius 3 is 0.880 bits per heavy atom. The van der Waals surface area contributed by atoms with Gasteiger partial charge in [0.25, 0.3) is 0 Å². The molecule has 0 saturated heterocycles. The van der Waals surface area contributed by atoms with Gasteiger partial charge in [0.15, 0.2) is 23.3 Å². The molecule has 0 bridgehead atoms. The van der Waals surface area contributed by atoms with E-state index in [2.05, 4.69) is 194 Å². The Balaban J connectivity index is 0.770. The smallest absolute Gasteiger partial charge is 0.168 e. The van der Waals surface area contributed by atoms with Crippen molar-refractivity contribution < 1.29 is 0 Å². The topological polar surface area (TPSA) is 287 Å². The average molecular weight is 1810 g/mol. The second kappa shape index (κ2) is 34.2. The summed E-state index contributed by atoms with van der Waals surface area (Å²) in [4.78, 5) is 31.8. The zero-order valence-corrected chi connectivity index (χ0v) is 75.8. The number of nitrogens with zero attached hydrogens (tertiary/aromatic N) is 18. The van der Waals surface area contributed by atoms with E-state index in [0.717, 1.165) is 143 Å². The molecule has 0 atom stereocenters. The van der Waals surface area contributed by atoms with Crippen molar-refractivity contribution in [2.45, 2.75) is 13.8 Å². The molecule has 0 amide bonds. The first-order valence-corrected chi connectivity index (χ1v) is 45.9. The first-order chi connectivity index (χ1) is 69.8. The lowest BCUT2D eigenvalue weighted by Gasteiger charge is -2.21. The minimum atomic E-state index is 0.275. The van der Waals surface area contributed by atoms with Crippen molar-refractivity contribution in [2.24, 2.45) is 0 Å². The van der Waals surface area contributed by atoms with Gasteiger partial charge in [-0.2, -0.15) is 42.1 Å². The van der Waals surface area contributed by atoms with Crippen LogP contribution >= 0.6 is 0 Å². The van der Waals surface area contributed by atoms with E-state index in [-0.39, 0.29) is 5.56 Å². The lowest BCUT2D eigenvalue weighted by Crippen LogP contribution is -2.08. The molecule has 18 nitrogen and oxygen atoms in total. The summed E-state index contributed by atoms with van der Waals surface area (Å²) < 4.78 is 8.75. The van der Waals surface area contributed by atoms with Crippen LogP contribution in [0.25, 0.3) is 233 Å². The van der Waals surface area contributed by atoms with E-state index in [9.17, 15) is 42.1 Å². The van der Waals surface area contributed by atoms with Crippen molar-refractivity contribution in [3.63, 3.8) is 0 Å². The summed E-state index contributed by atoms with van der Waals surface area (Å²) in [5.74, 6) is 2.34. The first-order valence-electron chi connectivity index (χ1n) is 45.9. The van der Waals surface area contributed by atoms with E-state index < -0.39 is 0 Å². The van der Waals surface area contributed by atoms with Crippen molar-refractivity contribution in [3.8, 4) is 195 Å². The van der Waals surface area contributed by atoms with Gasteiger partial charge in [-0.1, -0.05) is 224 Å². The average Bonchev–Trinajstić information content (AvgIpc) is 1.56.